The maximum atomic E-state index is 5.44. The summed E-state index contributed by atoms with van der Waals surface area (Å²) in [6.07, 6.45) is 5.89. The molecule has 0 bridgehead atoms. The predicted octanol–water partition coefficient (Wildman–Crippen LogP) is 2.78. The number of nitrogens with one attached hydrogen (secondary N) is 1. The topological polar surface area (TPSA) is 39.1 Å². The Morgan fingerprint density at radius 2 is 2.05 bits per heavy atom. The molecule has 0 saturated carbocycles. The lowest BCUT2D eigenvalue weighted by atomic mass is 10.2. The molecule has 1 N–H and O–H groups in total. The molecule has 0 aliphatic rings. The van der Waals surface area contributed by atoms with E-state index >= 15 is 0 Å². The summed E-state index contributed by atoms with van der Waals surface area (Å²) in [6.45, 7) is 5.73. The Balaban J connectivity index is 1.67. The van der Waals surface area contributed by atoms with E-state index in [2.05, 4.69) is 41.6 Å². The SMILES string of the molecule is CCCOCCCNCc1ccc(-n2cccn2)cc1. The van der Waals surface area contributed by atoms with Crippen LogP contribution in [0.2, 0.25) is 0 Å². The van der Waals surface area contributed by atoms with Crippen molar-refractivity contribution >= 4 is 0 Å². The van der Waals surface area contributed by atoms with Gasteiger partial charge in [0.1, 0.15) is 0 Å². The first-order valence-electron chi connectivity index (χ1n) is 7.27. The third-order valence-electron chi connectivity index (χ3n) is 3.03. The molecule has 108 valence electrons. The molecule has 0 unspecified atom stereocenters. The van der Waals surface area contributed by atoms with Crippen LogP contribution in [-0.4, -0.2) is 29.5 Å². The molecule has 0 amide bonds. The first-order valence-corrected chi connectivity index (χ1v) is 7.27. The number of benzene rings is 1. The minimum absolute atomic E-state index is 0.846. The van der Waals surface area contributed by atoms with Gasteiger partial charge in [-0.1, -0.05) is 19.1 Å². The van der Waals surface area contributed by atoms with E-state index < -0.39 is 0 Å². The zero-order valence-electron chi connectivity index (χ0n) is 12.1. The van der Waals surface area contributed by atoms with E-state index in [0.717, 1.165) is 44.8 Å². The van der Waals surface area contributed by atoms with E-state index in [1.807, 2.05) is 16.9 Å². The van der Waals surface area contributed by atoms with Crippen LogP contribution in [0.4, 0.5) is 0 Å². The fraction of sp³-hybridized carbons (Fsp3) is 0.438. The molecule has 0 fully saturated rings. The molecule has 0 aliphatic carbocycles. The fourth-order valence-corrected chi connectivity index (χ4v) is 1.97. The largest absolute Gasteiger partial charge is 0.381 e. The van der Waals surface area contributed by atoms with Crippen molar-refractivity contribution in [3.63, 3.8) is 0 Å². The van der Waals surface area contributed by atoms with Gasteiger partial charge in [0.05, 0.1) is 5.69 Å². The quantitative estimate of drug-likeness (QED) is 0.714. The Morgan fingerprint density at radius 1 is 1.20 bits per heavy atom. The second-order valence-electron chi connectivity index (χ2n) is 4.76. The average molecular weight is 273 g/mol. The molecule has 0 spiro atoms. The summed E-state index contributed by atoms with van der Waals surface area (Å²) in [4.78, 5) is 0. The highest BCUT2D eigenvalue weighted by atomic mass is 16.5. The van der Waals surface area contributed by atoms with Crippen LogP contribution in [0.15, 0.2) is 42.7 Å². The summed E-state index contributed by atoms with van der Waals surface area (Å²) in [5.74, 6) is 0. The van der Waals surface area contributed by atoms with Gasteiger partial charge in [-0.2, -0.15) is 5.10 Å². The Kier molecular flexibility index (Phi) is 6.27. The zero-order chi connectivity index (χ0) is 14.0. The highest BCUT2D eigenvalue weighted by Crippen LogP contribution is 2.08. The van der Waals surface area contributed by atoms with Gasteiger partial charge >= 0.3 is 0 Å². The summed E-state index contributed by atoms with van der Waals surface area (Å²) in [7, 11) is 0. The molecular formula is C16H23N3O. The van der Waals surface area contributed by atoms with Crippen LogP contribution in [0.25, 0.3) is 5.69 Å². The lowest BCUT2D eigenvalue weighted by molar-refractivity contribution is 0.132. The van der Waals surface area contributed by atoms with Gasteiger partial charge in [0.25, 0.3) is 0 Å². The second-order valence-corrected chi connectivity index (χ2v) is 4.76. The fourth-order valence-electron chi connectivity index (χ4n) is 1.97. The van der Waals surface area contributed by atoms with Crippen molar-refractivity contribution in [1.82, 2.24) is 15.1 Å². The van der Waals surface area contributed by atoms with Crippen molar-refractivity contribution in [3.8, 4) is 5.69 Å². The molecule has 4 heteroatoms. The molecule has 0 aliphatic heterocycles. The highest BCUT2D eigenvalue weighted by molar-refractivity contribution is 5.33. The van der Waals surface area contributed by atoms with Crippen LogP contribution in [0.5, 0.6) is 0 Å². The lowest BCUT2D eigenvalue weighted by Gasteiger charge is -2.07. The van der Waals surface area contributed by atoms with E-state index in [1.54, 1.807) is 6.20 Å². The predicted molar refractivity (Wildman–Crippen MR) is 81.0 cm³/mol. The normalized spacial score (nSPS) is 10.8. The maximum absolute atomic E-state index is 5.44. The summed E-state index contributed by atoms with van der Waals surface area (Å²) < 4.78 is 7.31. The third kappa shape index (κ3) is 4.79. The molecule has 1 aromatic carbocycles. The summed E-state index contributed by atoms with van der Waals surface area (Å²) in [6, 6.07) is 10.4. The molecule has 0 saturated heterocycles. The summed E-state index contributed by atoms with van der Waals surface area (Å²) >= 11 is 0. The van der Waals surface area contributed by atoms with Gasteiger partial charge in [-0.05, 0) is 43.1 Å². The van der Waals surface area contributed by atoms with Crippen LogP contribution in [0, 0.1) is 0 Å². The Labute approximate surface area is 120 Å². The lowest BCUT2D eigenvalue weighted by Crippen LogP contribution is -2.16. The number of ether oxygens (including phenoxy) is 1. The molecule has 1 heterocycles. The van der Waals surface area contributed by atoms with E-state index in [4.69, 9.17) is 4.74 Å². The zero-order valence-corrected chi connectivity index (χ0v) is 12.1. The van der Waals surface area contributed by atoms with E-state index in [9.17, 15) is 0 Å². The Hall–Kier alpha value is -1.65. The minimum atomic E-state index is 0.846. The van der Waals surface area contributed by atoms with Gasteiger partial charge in [0.2, 0.25) is 0 Å². The molecule has 2 rings (SSSR count). The van der Waals surface area contributed by atoms with Crippen LogP contribution in [0.3, 0.4) is 0 Å². The van der Waals surface area contributed by atoms with Gasteiger partial charge in [-0.25, -0.2) is 4.68 Å². The molecular weight excluding hydrogens is 250 g/mol. The smallest absolute Gasteiger partial charge is 0.0645 e. The van der Waals surface area contributed by atoms with Crippen molar-refractivity contribution in [2.75, 3.05) is 19.8 Å². The Bertz CT molecular complexity index is 465. The number of hydrogen-bond donors (Lipinski definition) is 1. The van der Waals surface area contributed by atoms with Crippen LogP contribution < -0.4 is 5.32 Å². The Morgan fingerprint density at radius 3 is 2.75 bits per heavy atom. The number of hydrogen-bond acceptors (Lipinski definition) is 3. The molecule has 0 radical (unpaired) electrons. The monoisotopic (exact) mass is 273 g/mol. The van der Waals surface area contributed by atoms with Crippen molar-refractivity contribution in [2.24, 2.45) is 0 Å². The first kappa shape index (κ1) is 14.8. The number of aromatic nitrogens is 2. The van der Waals surface area contributed by atoms with Gasteiger partial charge in [-0.3, -0.25) is 0 Å². The number of rotatable bonds is 9. The van der Waals surface area contributed by atoms with E-state index in [1.165, 1.54) is 5.56 Å². The summed E-state index contributed by atoms with van der Waals surface area (Å²) in [5.41, 5.74) is 2.38. The maximum Gasteiger partial charge on any atom is 0.0645 e. The molecule has 4 nitrogen and oxygen atoms in total. The highest BCUT2D eigenvalue weighted by Gasteiger charge is 1.97. The van der Waals surface area contributed by atoms with Gasteiger partial charge in [0.15, 0.2) is 0 Å². The third-order valence-corrected chi connectivity index (χ3v) is 3.03. The van der Waals surface area contributed by atoms with Crippen molar-refractivity contribution in [1.29, 1.82) is 0 Å². The van der Waals surface area contributed by atoms with Crippen LogP contribution in [0.1, 0.15) is 25.3 Å². The molecule has 2 aromatic rings. The first-order chi connectivity index (χ1) is 9.90. The van der Waals surface area contributed by atoms with Gasteiger partial charge in [0, 0.05) is 32.2 Å². The molecule has 20 heavy (non-hydrogen) atoms. The molecule has 0 atom stereocenters. The van der Waals surface area contributed by atoms with Crippen molar-refractivity contribution < 1.29 is 4.74 Å². The van der Waals surface area contributed by atoms with Crippen LogP contribution in [-0.2, 0) is 11.3 Å². The average Bonchev–Trinajstić information content (AvgIpc) is 3.01. The summed E-state index contributed by atoms with van der Waals surface area (Å²) in [5, 5.41) is 7.64. The van der Waals surface area contributed by atoms with E-state index in [-0.39, 0.29) is 0 Å². The van der Waals surface area contributed by atoms with Crippen molar-refractivity contribution in [2.45, 2.75) is 26.3 Å². The molecule has 1 aromatic heterocycles. The van der Waals surface area contributed by atoms with Crippen molar-refractivity contribution in [3.05, 3.63) is 48.3 Å². The standard InChI is InChI=1S/C16H23N3O/c1-2-12-20-13-4-9-17-14-15-5-7-16(8-6-15)19-11-3-10-18-19/h3,5-8,10-11,17H,2,4,9,12-14H2,1H3. The van der Waals surface area contributed by atoms with Gasteiger partial charge < -0.3 is 10.1 Å². The number of nitrogens with zero attached hydrogens (tertiary/aromatic N) is 2. The second kappa shape index (κ2) is 8.51. The van der Waals surface area contributed by atoms with Gasteiger partial charge in [-0.15, -0.1) is 0 Å². The minimum Gasteiger partial charge on any atom is -0.381 e. The van der Waals surface area contributed by atoms with Crippen LogP contribution >= 0.6 is 0 Å². The van der Waals surface area contributed by atoms with E-state index in [0.29, 0.717) is 0 Å².